The van der Waals surface area contributed by atoms with Gasteiger partial charge in [-0.1, -0.05) is 0 Å². The number of amides is 2. The van der Waals surface area contributed by atoms with Gasteiger partial charge in [0.15, 0.2) is 17.9 Å². The lowest BCUT2D eigenvalue weighted by Crippen LogP contribution is -2.54. The molecule has 0 bridgehead atoms. The molecule has 0 unspecified atom stereocenters. The summed E-state index contributed by atoms with van der Waals surface area (Å²) in [5, 5.41) is 7.09. The van der Waals surface area contributed by atoms with Crippen molar-refractivity contribution >= 4 is 17.6 Å². The predicted molar refractivity (Wildman–Crippen MR) is 93.7 cm³/mol. The van der Waals surface area contributed by atoms with E-state index < -0.39 is 5.54 Å². The minimum absolute atomic E-state index is 0.173. The van der Waals surface area contributed by atoms with Crippen molar-refractivity contribution < 1.29 is 14.0 Å². The number of carbonyl (C=O) groups is 2. The lowest BCUT2D eigenvalue weighted by Gasteiger charge is -2.41. The van der Waals surface area contributed by atoms with Crippen LogP contribution in [0.5, 0.6) is 0 Å². The minimum atomic E-state index is -0.839. The number of carbonyl (C=O) groups excluding carboxylic acids is 2. The van der Waals surface area contributed by atoms with Crippen LogP contribution in [0, 0.1) is 0 Å². The van der Waals surface area contributed by atoms with Crippen LogP contribution in [-0.4, -0.2) is 54.1 Å². The van der Waals surface area contributed by atoms with Gasteiger partial charge in [0, 0.05) is 44.8 Å². The molecule has 4 rings (SSSR count). The summed E-state index contributed by atoms with van der Waals surface area (Å²) >= 11 is 0. The summed E-state index contributed by atoms with van der Waals surface area (Å²) in [6.07, 6.45) is 10.3. The van der Waals surface area contributed by atoms with Gasteiger partial charge in [-0.2, -0.15) is 5.10 Å². The number of aryl methyl sites for hydroxylation is 1. The highest BCUT2D eigenvalue weighted by Gasteiger charge is 2.44. The molecule has 1 fully saturated rings. The van der Waals surface area contributed by atoms with Crippen LogP contribution in [-0.2, 0) is 17.4 Å². The molecule has 1 N–H and O–H groups in total. The molecule has 0 radical (unpaired) electrons. The number of aromatic nitrogens is 5. The Morgan fingerprint density at radius 2 is 2.07 bits per heavy atom. The van der Waals surface area contributed by atoms with E-state index in [1.165, 1.54) is 12.7 Å². The van der Waals surface area contributed by atoms with E-state index in [4.69, 9.17) is 4.42 Å². The fourth-order valence-corrected chi connectivity index (χ4v) is 3.39. The normalized spacial score (nSPS) is 16.3. The van der Waals surface area contributed by atoms with E-state index in [1.54, 1.807) is 47.6 Å². The molecular weight excluding hydrogens is 350 g/mol. The van der Waals surface area contributed by atoms with E-state index in [2.05, 4.69) is 20.4 Å². The molecule has 1 aliphatic rings. The molecule has 0 aliphatic carbocycles. The van der Waals surface area contributed by atoms with Crippen molar-refractivity contribution in [3.05, 3.63) is 49.3 Å². The highest BCUT2D eigenvalue weighted by Crippen LogP contribution is 2.32. The fraction of sp³-hybridized carbons (Fsp3) is 0.353. The molecule has 2 amide bonds. The van der Waals surface area contributed by atoms with Crippen LogP contribution in [0.25, 0.3) is 0 Å². The van der Waals surface area contributed by atoms with Crippen molar-refractivity contribution in [1.29, 1.82) is 0 Å². The molecule has 4 heterocycles. The van der Waals surface area contributed by atoms with Crippen LogP contribution >= 0.6 is 0 Å². The molecule has 1 aliphatic heterocycles. The zero-order chi connectivity index (χ0) is 18.9. The fourth-order valence-electron chi connectivity index (χ4n) is 3.39. The molecule has 10 heteroatoms. The Bertz CT molecular complexity index is 922. The average molecular weight is 369 g/mol. The van der Waals surface area contributed by atoms with Crippen molar-refractivity contribution in [2.45, 2.75) is 18.4 Å². The SMILES string of the molecule is Cn1ccc(NC(=O)C2(n3ccnc3)CCN(C(=O)c3cocn3)CC2)n1. The molecule has 140 valence electrons. The van der Waals surface area contributed by atoms with Gasteiger partial charge in [-0.15, -0.1) is 0 Å². The van der Waals surface area contributed by atoms with Crippen LogP contribution in [0.4, 0.5) is 5.82 Å². The van der Waals surface area contributed by atoms with E-state index >= 15 is 0 Å². The minimum Gasteiger partial charge on any atom is -0.451 e. The van der Waals surface area contributed by atoms with E-state index in [0.29, 0.717) is 31.7 Å². The van der Waals surface area contributed by atoms with Gasteiger partial charge >= 0.3 is 0 Å². The zero-order valence-corrected chi connectivity index (χ0v) is 14.8. The zero-order valence-electron chi connectivity index (χ0n) is 14.8. The maximum atomic E-state index is 13.2. The predicted octanol–water partition coefficient (Wildman–Crippen LogP) is 0.875. The van der Waals surface area contributed by atoms with Gasteiger partial charge in [0.1, 0.15) is 11.8 Å². The van der Waals surface area contributed by atoms with Crippen LogP contribution in [0.15, 0.2) is 48.1 Å². The lowest BCUT2D eigenvalue weighted by atomic mass is 9.86. The summed E-state index contributed by atoms with van der Waals surface area (Å²) in [5.74, 6) is 0.115. The highest BCUT2D eigenvalue weighted by molar-refractivity contribution is 5.97. The molecule has 0 aromatic carbocycles. The summed E-state index contributed by atoms with van der Waals surface area (Å²) in [6, 6.07) is 1.74. The van der Waals surface area contributed by atoms with Crippen LogP contribution < -0.4 is 5.32 Å². The van der Waals surface area contributed by atoms with Gasteiger partial charge < -0.3 is 19.2 Å². The third kappa shape index (κ3) is 3.09. The second kappa shape index (κ2) is 6.71. The van der Waals surface area contributed by atoms with Gasteiger partial charge in [0.05, 0.1) is 6.33 Å². The quantitative estimate of drug-likeness (QED) is 0.731. The molecule has 1 saturated heterocycles. The number of nitrogens with one attached hydrogen (secondary N) is 1. The molecular formula is C17H19N7O3. The average Bonchev–Trinajstić information content (AvgIpc) is 3.44. The molecule has 0 atom stereocenters. The second-order valence-electron chi connectivity index (χ2n) is 6.50. The maximum Gasteiger partial charge on any atom is 0.275 e. The number of rotatable bonds is 4. The molecule has 0 spiro atoms. The Labute approximate surface area is 154 Å². The number of piperidine rings is 1. The number of imidazole rings is 1. The van der Waals surface area contributed by atoms with E-state index in [-0.39, 0.29) is 17.5 Å². The number of anilines is 1. The molecule has 3 aromatic heterocycles. The largest absolute Gasteiger partial charge is 0.451 e. The molecule has 0 saturated carbocycles. The first-order chi connectivity index (χ1) is 13.1. The first-order valence-corrected chi connectivity index (χ1v) is 8.55. The molecule has 3 aromatic rings. The number of oxazole rings is 1. The first-order valence-electron chi connectivity index (χ1n) is 8.55. The van der Waals surface area contributed by atoms with Crippen LogP contribution in [0.2, 0.25) is 0 Å². The first kappa shape index (κ1) is 17.0. The van der Waals surface area contributed by atoms with Gasteiger partial charge in [-0.3, -0.25) is 14.3 Å². The molecule has 27 heavy (non-hydrogen) atoms. The van der Waals surface area contributed by atoms with E-state index in [1.807, 2.05) is 4.57 Å². The van der Waals surface area contributed by atoms with Gasteiger partial charge in [-0.25, -0.2) is 9.97 Å². The summed E-state index contributed by atoms with van der Waals surface area (Å²) in [6.45, 7) is 0.832. The third-order valence-corrected chi connectivity index (χ3v) is 4.91. The number of hydrogen-bond donors (Lipinski definition) is 1. The number of nitrogens with zero attached hydrogens (tertiary/aromatic N) is 6. The van der Waals surface area contributed by atoms with Crippen molar-refractivity contribution in [2.24, 2.45) is 7.05 Å². The Hall–Kier alpha value is -3.43. The Morgan fingerprint density at radius 3 is 2.67 bits per heavy atom. The van der Waals surface area contributed by atoms with Crippen LogP contribution in [0.1, 0.15) is 23.3 Å². The summed E-state index contributed by atoms with van der Waals surface area (Å²) in [7, 11) is 1.79. The van der Waals surface area contributed by atoms with E-state index in [0.717, 1.165) is 0 Å². The monoisotopic (exact) mass is 369 g/mol. The van der Waals surface area contributed by atoms with Gasteiger partial charge in [-0.05, 0) is 12.8 Å². The third-order valence-electron chi connectivity index (χ3n) is 4.91. The van der Waals surface area contributed by atoms with E-state index in [9.17, 15) is 9.59 Å². The van der Waals surface area contributed by atoms with Crippen molar-refractivity contribution in [2.75, 3.05) is 18.4 Å². The summed E-state index contributed by atoms with van der Waals surface area (Å²) in [4.78, 5) is 35.3. The Morgan fingerprint density at radius 1 is 1.26 bits per heavy atom. The van der Waals surface area contributed by atoms with Crippen molar-refractivity contribution in [3.63, 3.8) is 0 Å². The Balaban J connectivity index is 1.54. The second-order valence-corrected chi connectivity index (χ2v) is 6.50. The van der Waals surface area contributed by atoms with Crippen molar-refractivity contribution in [3.8, 4) is 0 Å². The smallest absolute Gasteiger partial charge is 0.275 e. The summed E-state index contributed by atoms with van der Waals surface area (Å²) < 4.78 is 8.32. The standard InChI is InChI=1S/C17H19N7O3/c1-22-6-2-14(21-22)20-16(26)17(24-9-5-18-11-24)3-7-23(8-4-17)15(25)13-10-27-12-19-13/h2,5-6,9-12H,3-4,7-8H2,1H3,(H,20,21,26). The summed E-state index contributed by atoms with van der Waals surface area (Å²) in [5.41, 5.74) is -0.572. The Kier molecular flexibility index (Phi) is 4.22. The highest BCUT2D eigenvalue weighted by atomic mass is 16.3. The van der Waals surface area contributed by atoms with Gasteiger partial charge in [0.25, 0.3) is 11.8 Å². The molecule has 10 nitrogen and oxygen atoms in total. The number of hydrogen-bond acceptors (Lipinski definition) is 6. The number of likely N-dealkylation sites (tertiary alicyclic amines) is 1. The maximum absolute atomic E-state index is 13.2. The van der Waals surface area contributed by atoms with Crippen LogP contribution in [0.3, 0.4) is 0 Å². The van der Waals surface area contributed by atoms with Crippen molar-refractivity contribution in [1.82, 2.24) is 29.2 Å². The topological polar surface area (TPSA) is 111 Å². The lowest BCUT2D eigenvalue weighted by molar-refractivity contribution is -0.126. The van der Waals surface area contributed by atoms with Gasteiger partial charge in [0.2, 0.25) is 0 Å².